The Morgan fingerprint density at radius 2 is 1.77 bits per heavy atom. The molecule has 0 saturated carbocycles. The van der Waals surface area contributed by atoms with E-state index in [2.05, 4.69) is 70.7 Å². The monoisotopic (exact) mass is 455 g/mol. The van der Waals surface area contributed by atoms with Gasteiger partial charge in [0, 0.05) is 25.9 Å². The van der Waals surface area contributed by atoms with Crippen LogP contribution in [0.3, 0.4) is 0 Å². The molecule has 0 aliphatic heterocycles. The van der Waals surface area contributed by atoms with Gasteiger partial charge in [0.1, 0.15) is 5.82 Å². The highest BCUT2D eigenvalue weighted by atomic mass is 79.9. The molecular weight excluding hydrogens is 426 g/mol. The molecule has 0 aliphatic carbocycles. The van der Waals surface area contributed by atoms with Crippen molar-refractivity contribution in [1.82, 2.24) is 9.97 Å². The van der Waals surface area contributed by atoms with E-state index >= 15 is 0 Å². The van der Waals surface area contributed by atoms with Gasteiger partial charge in [-0.3, -0.25) is 0 Å². The maximum atomic E-state index is 6.43. The van der Waals surface area contributed by atoms with Gasteiger partial charge in [-0.25, -0.2) is 4.98 Å². The lowest BCUT2D eigenvalue weighted by atomic mass is 9.97. The number of imidazole rings is 1. The maximum Gasteiger partial charge on any atom is 0.109 e. The van der Waals surface area contributed by atoms with Crippen LogP contribution in [0.2, 0.25) is 0 Å². The Hall–Kier alpha value is -0.820. The summed E-state index contributed by atoms with van der Waals surface area (Å²) in [6.07, 6.45) is 0.689. The highest BCUT2D eigenvalue weighted by Gasteiger charge is 2.25. The molecule has 3 rings (SSSR count). The Bertz CT molecular complexity index is 762. The maximum absolute atomic E-state index is 6.43. The highest BCUT2D eigenvalue weighted by Crippen LogP contribution is 2.30. The molecule has 6 heteroatoms. The number of hydrogen-bond acceptors (Lipinski definition) is 4. The molecule has 0 bridgehead atoms. The fourth-order valence-electron chi connectivity index (χ4n) is 2.14. The van der Waals surface area contributed by atoms with E-state index in [1.165, 1.54) is 0 Å². The molecule has 0 spiro atoms. The van der Waals surface area contributed by atoms with E-state index in [9.17, 15) is 0 Å². The van der Waals surface area contributed by atoms with Crippen LogP contribution < -0.4 is 5.73 Å². The number of fused-ring (bicyclic) bond motifs is 1. The highest BCUT2D eigenvalue weighted by molar-refractivity contribution is 9.10. The van der Waals surface area contributed by atoms with Crippen molar-refractivity contribution in [1.29, 1.82) is 0 Å². The van der Waals surface area contributed by atoms with Crippen molar-refractivity contribution in [3.63, 3.8) is 0 Å². The zero-order chi connectivity index (χ0) is 20.0. The van der Waals surface area contributed by atoms with E-state index in [4.69, 9.17) is 5.73 Å². The van der Waals surface area contributed by atoms with Crippen molar-refractivity contribution in [3.8, 4) is 0 Å². The van der Waals surface area contributed by atoms with Gasteiger partial charge < -0.3 is 10.7 Å². The number of halogens is 1. The van der Waals surface area contributed by atoms with Gasteiger partial charge in [-0.15, -0.1) is 11.3 Å². The van der Waals surface area contributed by atoms with E-state index in [-0.39, 0.29) is 4.75 Å². The summed E-state index contributed by atoms with van der Waals surface area (Å²) in [7, 11) is 0. The normalized spacial score (nSPS) is 13.3. The summed E-state index contributed by atoms with van der Waals surface area (Å²) in [6, 6.07) is 10.1. The fraction of sp³-hybridized carbons (Fsp3) is 0.450. The van der Waals surface area contributed by atoms with Crippen LogP contribution >= 0.6 is 39.9 Å². The number of rotatable bonds is 3. The third kappa shape index (κ3) is 7.82. The average Bonchev–Trinajstić information content (AvgIpc) is 3.13. The first-order chi connectivity index (χ1) is 12.0. The predicted molar refractivity (Wildman–Crippen MR) is 123 cm³/mol. The molecular formula is C20H30BrN3S2. The van der Waals surface area contributed by atoms with Gasteiger partial charge in [0.05, 0.1) is 16.6 Å². The molecule has 1 atom stereocenters. The summed E-state index contributed by atoms with van der Waals surface area (Å²) < 4.78 is 1.27. The van der Waals surface area contributed by atoms with Crippen LogP contribution in [0.5, 0.6) is 0 Å². The van der Waals surface area contributed by atoms with Crippen molar-refractivity contribution in [2.45, 2.75) is 58.2 Å². The largest absolute Gasteiger partial charge is 0.342 e. The smallest absolute Gasteiger partial charge is 0.109 e. The lowest BCUT2D eigenvalue weighted by molar-refractivity contribution is 0.490. The number of thiol groups is 1. The predicted octanol–water partition coefficient (Wildman–Crippen LogP) is 6.54. The fourth-order valence-corrected chi connectivity index (χ4v) is 3.64. The minimum Gasteiger partial charge on any atom is -0.342 e. The Balaban J connectivity index is 0.000000420. The summed E-state index contributed by atoms with van der Waals surface area (Å²) in [5, 5.41) is 2.05. The Morgan fingerprint density at radius 1 is 1.19 bits per heavy atom. The van der Waals surface area contributed by atoms with Crippen molar-refractivity contribution in [2.75, 3.05) is 0 Å². The summed E-state index contributed by atoms with van der Waals surface area (Å²) in [5.41, 5.74) is 8.07. The first-order valence-corrected chi connectivity index (χ1v) is 10.9. The van der Waals surface area contributed by atoms with Crippen molar-refractivity contribution in [2.24, 2.45) is 5.73 Å². The van der Waals surface area contributed by atoms with Gasteiger partial charge in [-0.2, -0.15) is 12.6 Å². The Kier molecular flexibility index (Phi) is 8.86. The molecule has 2 aromatic heterocycles. The quantitative estimate of drug-likeness (QED) is 0.392. The van der Waals surface area contributed by atoms with Gasteiger partial charge in [-0.05, 0) is 41.1 Å². The second-order valence-corrected chi connectivity index (χ2v) is 10.3. The number of nitrogens with one attached hydrogen (secondary N) is 1. The zero-order valence-corrected chi connectivity index (χ0v) is 19.7. The molecule has 0 fully saturated rings. The van der Waals surface area contributed by atoms with Crippen LogP contribution in [-0.4, -0.2) is 14.7 Å². The Labute approximate surface area is 175 Å². The van der Waals surface area contributed by atoms with Crippen molar-refractivity contribution in [3.05, 3.63) is 50.9 Å². The summed E-state index contributed by atoms with van der Waals surface area (Å²) in [5.74, 6) is 0.927. The van der Waals surface area contributed by atoms with Crippen LogP contribution in [-0.2, 0) is 12.0 Å². The van der Waals surface area contributed by atoms with Gasteiger partial charge in [-0.1, -0.05) is 46.8 Å². The minimum absolute atomic E-state index is 0.194. The summed E-state index contributed by atoms with van der Waals surface area (Å²) in [4.78, 5) is 9.07. The first kappa shape index (κ1) is 23.2. The number of thiophene rings is 1. The third-order valence-corrected chi connectivity index (χ3v) is 5.07. The third-order valence-electron chi connectivity index (χ3n) is 3.10. The van der Waals surface area contributed by atoms with Gasteiger partial charge >= 0.3 is 0 Å². The van der Waals surface area contributed by atoms with E-state index in [1.807, 2.05) is 45.0 Å². The van der Waals surface area contributed by atoms with Crippen LogP contribution in [0.15, 0.2) is 40.2 Å². The molecule has 144 valence electrons. The van der Waals surface area contributed by atoms with E-state index in [1.54, 1.807) is 11.3 Å². The van der Waals surface area contributed by atoms with Gasteiger partial charge in [0.2, 0.25) is 0 Å². The zero-order valence-electron chi connectivity index (χ0n) is 16.4. The van der Waals surface area contributed by atoms with Gasteiger partial charge in [0.15, 0.2) is 0 Å². The molecule has 0 saturated heterocycles. The van der Waals surface area contributed by atoms with Crippen LogP contribution in [0.1, 0.15) is 52.2 Å². The molecule has 0 unspecified atom stereocenters. The minimum atomic E-state index is -0.412. The second kappa shape index (κ2) is 9.93. The SMILES string of the molecule is CC.CC(C)(C)S.C[C@](N)(Cc1nc2ccccc2[nH]1)c1cc(Br)cs1. The number of benzene rings is 1. The van der Waals surface area contributed by atoms with Crippen LogP contribution in [0.4, 0.5) is 0 Å². The lowest BCUT2D eigenvalue weighted by Gasteiger charge is -2.21. The molecule has 3 aromatic rings. The molecule has 0 aliphatic rings. The molecule has 3 N–H and O–H groups in total. The number of hydrogen-bond donors (Lipinski definition) is 3. The second-order valence-electron chi connectivity index (χ2n) is 7.09. The standard InChI is InChI=1S/C14H14BrN3S.C4H10S.C2H6/c1-14(16,12-6-9(15)8-19-12)7-13-17-10-4-2-3-5-11(10)18-13;1-4(2,3)5;1-2/h2-6,8H,7,16H2,1H3,(H,17,18);5H,1-3H3;1-2H3/t14-;;/m0../s1. The van der Waals surface area contributed by atoms with E-state index in [0.717, 1.165) is 26.2 Å². The van der Waals surface area contributed by atoms with Gasteiger partial charge in [0.25, 0.3) is 0 Å². The van der Waals surface area contributed by atoms with E-state index in [0.29, 0.717) is 6.42 Å². The number of aromatic nitrogens is 2. The number of para-hydroxylation sites is 2. The number of nitrogens with two attached hydrogens (primary N) is 1. The van der Waals surface area contributed by atoms with Crippen LogP contribution in [0, 0.1) is 0 Å². The molecule has 3 nitrogen and oxygen atoms in total. The number of aromatic amines is 1. The lowest BCUT2D eigenvalue weighted by Crippen LogP contribution is -2.34. The topological polar surface area (TPSA) is 54.7 Å². The summed E-state index contributed by atoms with van der Waals surface area (Å²) in [6.45, 7) is 12.2. The van der Waals surface area contributed by atoms with Crippen molar-refractivity contribution < 1.29 is 0 Å². The first-order valence-electron chi connectivity index (χ1n) is 8.74. The van der Waals surface area contributed by atoms with Crippen LogP contribution in [0.25, 0.3) is 11.0 Å². The molecule has 2 heterocycles. The Morgan fingerprint density at radius 3 is 2.27 bits per heavy atom. The molecule has 0 radical (unpaired) electrons. The number of H-pyrrole nitrogens is 1. The molecule has 26 heavy (non-hydrogen) atoms. The molecule has 0 amide bonds. The number of nitrogens with zero attached hydrogens (tertiary/aromatic N) is 1. The molecule has 1 aromatic carbocycles. The summed E-state index contributed by atoms with van der Waals surface area (Å²) >= 11 is 9.26. The average molecular weight is 457 g/mol. The van der Waals surface area contributed by atoms with E-state index < -0.39 is 5.54 Å². The van der Waals surface area contributed by atoms with Crippen molar-refractivity contribution >= 4 is 50.9 Å².